The van der Waals surface area contributed by atoms with Crippen LogP contribution in [0.1, 0.15) is 30.0 Å². The number of aromatic nitrogens is 2. The highest BCUT2D eigenvalue weighted by molar-refractivity contribution is 5.90. The van der Waals surface area contributed by atoms with E-state index in [4.69, 9.17) is 9.47 Å². The van der Waals surface area contributed by atoms with Crippen molar-refractivity contribution in [3.8, 4) is 11.8 Å². The van der Waals surface area contributed by atoms with Gasteiger partial charge in [-0.25, -0.2) is 0 Å². The zero-order chi connectivity index (χ0) is 17.7. The number of nitrogens with zero attached hydrogens (tertiary/aromatic N) is 2. The molecular weight excluding hydrogens is 314 g/mol. The first-order chi connectivity index (χ1) is 11.5. The summed E-state index contributed by atoms with van der Waals surface area (Å²) in [5.41, 5.74) is 1.15. The van der Waals surface area contributed by atoms with Gasteiger partial charge in [0.1, 0.15) is 6.10 Å². The monoisotopic (exact) mass is 333 g/mol. The third-order valence-electron chi connectivity index (χ3n) is 3.31. The molecule has 1 unspecified atom stereocenters. The molecule has 0 bridgehead atoms. The summed E-state index contributed by atoms with van der Waals surface area (Å²) < 4.78 is 10.1. The van der Waals surface area contributed by atoms with Crippen molar-refractivity contribution >= 4 is 11.6 Å². The van der Waals surface area contributed by atoms with Crippen LogP contribution in [0.2, 0.25) is 0 Å². The first-order valence-electron chi connectivity index (χ1n) is 7.15. The number of para-hydroxylation sites is 1. The van der Waals surface area contributed by atoms with Gasteiger partial charge in [0, 0.05) is 18.1 Å². The second-order valence-corrected chi connectivity index (χ2v) is 4.93. The maximum Gasteiger partial charge on any atom is 0.221 e. The molecule has 128 valence electrons. The number of rotatable bonds is 6. The van der Waals surface area contributed by atoms with Crippen molar-refractivity contribution < 1.29 is 24.5 Å². The smallest absolute Gasteiger partial charge is 0.221 e. The topological polar surface area (TPSA) is 114 Å². The fourth-order valence-electron chi connectivity index (χ4n) is 2.20. The van der Waals surface area contributed by atoms with E-state index in [1.807, 2.05) is 0 Å². The number of aliphatic hydroxyl groups excluding tert-OH is 2. The first-order valence-corrected chi connectivity index (χ1v) is 7.15. The van der Waals surface area contributed by atoms with E-state index in [9.17, 15) is 15.0 Å². The van der Waals surface area contributed by atoms with E-state index >= 15 is 0 Å². The summed E-state index contributed by atoms with van der Waals surface area (Å²) >= 11 is 0. The van der Waals surface area contributed by atoms with Crippen molar-refractivity contribution in [2.75, 3.05) is 19.5 Å². The van der Waals surface area contributed by atoms with E-state index < -0.39 is 6.10 Å². The van der Waals surface area contributed by atoms with Crippen LogP contribution in [0.15, 0.2) is 24.3 Å². The van der Waals surface area contributed by atoms with Crippen LogP contribution in [0.3, 0.4) is 0 Å². The number of nitrogens with one attached hydrogen (secondary N) is 1. The van der Waals surface area contributed by atoms with Crippen molar-refractivity contribution in [1.29, 1.82) is 0 Å². The van der Waals surface area contributed by atoms with Crippen LogP contribution >= 0.6 is 0 Å². The van der Waals surface area contributed by atoms with Crippen LogP contribution in [0, 0.1) is 0 Å². The molecule has 2 aromatic rings. The summed E-state index contributed by atoms with van der Waals surface area (Å²) in [5.74, 6) is 0.187. The lowest BCUT2D eigenvalue weighted by molar-refractivity contribution is -0.114. The van der Waals surface area contributed by atoms with Crippen LogP contribution in [0.5, 0.6) is 11.8 Å². The Balaban J connectivity index is 2.53. The number of hydrogen-bond donors (Lipinski definition) is 3. The van der Waals surface area contributed by atoms with Gasteiger partial charge in [-0.15, -0.1) is 0 Å². The standard InChI is InChI=1S/C16H19N3O5/c1-9(21)17-14-10(8-20)5-4-6-11(14)15(22)16-18-12(23-2)7-13(19-16)24-3/h4-7,15,20,22H,8H2,1-3H3,(H,17,21). The molecule has 1 aromatic heterocycles. The number of amides is 1. The lowest BCUT2D eigenvalue weighted by atomic mass is 10.0. The van der Waals surface area contributed by atoms with E-state index in [2.05, 4.69) is 15.3 Å². The van der Waals surface area contributed by atoms with Crippen molar-refractivity contribution in [2.24, 2.45) is 0 Å². The van der Waals surface area contributed by atoms with Crippen LogP contribution in [0.25, 0.3) is 0 Å². The zero-order valence-corrected chi connectivity index (χ0v) is 13.6. The minimum atomic E-state index is -1.25. The summed E-state index contributed by atoms with van der Waals surface area (Å²) in [6.45, 7) is 1.05. The van der Waals surface area contributed by atoms with Gasteiger partial charge in [-0.1, -0.05) is 18.2 Å². The van der Waals surface area contributed by atoms with Crippen LogP contribution in [0.4, 0.5) is 5.69 Å². The summed E-state index contributed by atoms with van der Waals surface area (Å²) in [5, 5.41) is 22.8. The molecule has 0 saturated heterocycles. The lowest BCUT2D eigenvalue weighted by Gasteiger charge is -2.18. The highest BCUT2D eigenvalue weighted by atomic mass is 16.5. The van der Waals surface area contributed by atoms with E-state index in [0.717, 1.165) is 0 Å². The predicted octanol–water partition coefficient (Wildman–Crippen LogP) is 1.03. The molecule has 0 aliphatic rings. The molecule has 2 rings (SSSR count). The molecule has 0 radical (unpaired) electrons. The number of benzene rings is 1. The summed E-state index contributed by atoms with van der Waals surface area (Å²) in [4.78, 5) is 19.7. The quantitative estimate of drug-likeness (QED) is 0.723. The third-order valence-corrected chi connectivity index (χ3v) is 3.31. The Morgan fingerprint density at radius 1 is 1.25 bits per heavy atom. The van der Waals surface area contributed by atoms with E-state index in [1.54, 1.807) is 18.2 Å². The highest BCUT2D eigenvalue weighted by Crippen LogP contribution is 2.31. The van der Waals surface area contributed by atoms with Gasteiger partial charge in [-0.05, 0) is 0 Å². The summed E-state index contributed by atoms with van der Waals surface area (Å²) in [6.07, 6.45) is -1.25. The van der Waals surface area contributed by atoms with Crippen molar-refractivity contribution in [1.82, 2.24) is 9.97 Å². The number of methoxy groups -OCH3 is 2. The molecule has 0 aliphatic carbocycles. The van der Waals surface area contributed by atoms with Gasteiger partial charge in [-0.2, -0.15) is 9.97 Å². The van der Waals surface area contributed by atoms with E-state index in [1.165, 1.54) is 27.2 Å². The molecule has 1 atom stereocenters. The summed E-state index contributed by atoms with van der Waals surface area (Å²) in [6, 6.07) is 6.40. The second kappa shape index (κ2) is 7.71. The minimum Gasteiger partial charge on any atom is -0.481 e. The van der Waals surface area contributed by atoms with Crippen LogP contribution in [-0.4, -0.2) is 40.3 Å². The largest absolute Gasteiger partial charge is 0.481 e. The maximum atomic E-state index is 11.4. The Bertz CT molecular complexity index is 713. The van der Waals surface area contributed by atoms with Crippen molar-refractivity contribution in [3.63, 3.8) is 0 Å². The Morgan fingerprint density at radius 2 is 1.88 bits per heavy atom. The molecule has 0 fully saturated rings. The fraction of sp³-hybridized carbons (Fsp3) is 0.312. The Morgan fingerprint density at radius 3 is 2.38 bits per heavy atom. The molecule has 3 N–H and O–H groups in total. The average molecular weight is 333 g/mol. The van der Waals surface area contributed by atoms with Gasteiger partial charge >= 0.3 is 0 Å². The fourth-order valence-corrected chi connectivity index (χ4v) is 2.20. The van der Waals surface area contributed by atoms with Gasteiger partial charge in [0.2, 0.25) is 17.7 Å². The van der Waals surface area contributed by atoms with E-state index in [-0.39, 0.29) is 30.1 Å². The molecule has 1 amide bonds. The summed E-state index contributed by atoms with van der Waals surface area (Å²) in [7, 11) is 2.88. The van der Waals surface area contributed by atoms with Gasteiger partial charge in [0.15, 0.2) is 5.82 Å². The number of carbonyl (C=O) groups is 1. The predicted molar refractivity (Wildman–Crippen MR) is 85.9 cm³/mol. The Labute approximate surface area is 139 Å². The van der Waals surface area contributed by atoms with E-state index in [0.29, 0.717) is 16.8 Å². The number of ether oxygens (including phenoxy) is 2. The van der Waals surface area contributed by atoms with Gasteiger partial charge in [0.05, 0.1) is 32.6 Å². The number of hydrogen-bond acceptors (Lipinski definition) is 7. The molecule has 0 spiro atoms. The first kappa shape index (κ1) is 17.6. The molecule has 8 heteroatoms. The molecule has 1 heterocycles. The molecule has 24 heavy (non-hydrogen) atoms. The Kier molecular flexibility index (Phi) is 5.67. The molecule has 1 aromatic carbocycles. The van der Waals surface area contributed by atoms with Crippen molar-refractivity contribution in [3.05, 3.63) is 41.2 Å². The average Bonchev–Trinajstić information content (AvgIpc) is 2.60. The SMILES string of the molecule is COc1cc(OC)nc(C(O)c2cccc(CO)c2NC(C)=O)n1. The molecule has 0 saturated carbocycles. The number of anilines is 1. The zero-order valence-electron chi connectivity index (χ0n) is 13.6. The minimum absolute atomic E-state index is 0.0490. The van der Waals surface area contributed by atoms with Crippen LogP contribution in [-0.2, 0) is 11.4 Å². The second-order valence-electron chi connectivity index (χ2n) is 4.93. The number of carbonyl (C=O) groups excluding carboxylic acids is 1. The molecule has 8 nitrogen and oxygen atoms in total. The lowest BCUT2D eigenvalue weighted by Crippen LogP contribution is -2.15. The third kappa shape index (κ3) is 3.79. The Hall–Kier alpha value is -2.71. The van der Waals surface area contributed by atoms with Gasteiger partial charge in [0.25, 0.3) is 0 Å². The number of aliphatic hydroxyl groups is 2. The molecular formula is C16H19N3O5. The van der Waals surface area contributed by atoms with Gasteiger partial charge in [-0.3, -0.25) is 4.79 Å². The van der Waals surface area contributed by atoms with Gasteiger partial charge < -0.3 is 25.0 Å². The highest BCUT2D eigenvalue weighted by Gasteiger charge is 2.22. The van der Waals surface area contributed by atoms with Crippen LogP contribution < -0.4 is 14.8 Å². The van der Waals surface area contributed by atoms with Crippen molar-refractivity contribution in [2.45, 2.75) is 19.6 Å². The normalized spacial score (nSPS) is 11.7. The maximum absolute atomic E-state index is 11.4. The molecule has 0 aliphatic heterocycles.